The first-order chi connectivity index (χ1) is 15.7. The SMILES string of the molecule is CCCc1ccc([C@H]2CC[C@H](CCc3ccc(CCc4ccc(Cl)cc4)cc3)CC2)cc1. The zero-order chi connectivity index (χ0) is 22.2. The Balaban J connectivity index is 1.18. The van der Waals surface area contributed by atoms with E-state index in [2.05, 4.69) is 67.6 Å². The van der Waals surface area contributed by atoms with E-state index in [0.29, 0.717) is 0 Å². The number of halogens is 1. The first kappa shape index (κ1) is 23.1. The molecule has 0 bridgehead atoms. The molecule has 1 aliphatic rings. The molecule has 0 spiro atoms. The van der Waals surface area contributed by atoms with E-state index < -0.39 is 0 Å². The van der Waals surface area contributed by atoms with Crippen LogP contribution < -0.4 is 0 Å². The normalized spacial score (nSPS) is 18.6. The van der Waals surface area contributed by atoms with Gasteiger partial charge in [-0.3, -0.25) is 0 Å². The summed E-state index contributed by atoms with van der Waals surface area (Å²) >= 11 is 5.98. The van der Waals surface area contributed by atoms with Crippen LogP contribution in [-0.4, -0.2) is 0 Å². The number of aryl methyl sites for hydroxylation is 4. The molecule has 0 radical (unpaired) electrons. The molecule has 1 saturated carbocycles. The van der Waals surface area contributed by atoms with Crippen LogP contribution in [0, 0.1) is 5.92 Å². The second-order valence-corrected chi connectivity index (χ2v) is 10.1. The van der Waals surface area contributed by atoms with Crippen molar-refractivity contribution in [1.82, 2.24) is 0 Å². The predicted molar refractivity (Wildman–Crippen MR) is 139 cm³/mol. The van der Waals surface area contributed by atoms with Crippen LogP contribution in [0.5, 0.6) is 0 Å². The lowest BCUT2D eigenvalue weighted by Crippen LogP contribution is -2.14. The summed E-state index contributed by atoms with van der Waals surface area (Å²) in [7, 11) is 0. The van der Waals surface area contributed by atoms with Crippen LogP contribution in [0.4, 0.5) is 0 Å². The van der Waals surface area contributed by atoms with Gasteiger partial charge in [-0.05, 0) is 110 Å². The van der Waals surface area contributed by atoms with Crippen molar-refractivity contribution in [3.8, 4) is 0 Å². The van der Waals surface area contributed by atoms with Crippen LogP contribution in [0.15, 0.2) is 72.8 Å². The van der Waals surface area contributed by atoms with Gasteiger partial charge in [-0.15, -0.1) is 0 Å². The van der Waals surface area contributed by atoms with Gasteiger partial charge in [0.05, 0.1) is 0 Å². The molecule has 0 aromatic heterocycles. The zero-order valence-electron chi connectivity index (χ0n) is 19.5. The highest BCUT2D eigenvalue weighted by Gasteiger charge is 2.22. The summed E-state index contributed by atoms with van der Waals surface area (Å²) in [6, 6.07) is 27.1. The molecular weight excluding hydrogens is 408 g/mol. The smallest absolute Gasteiger partial charge is 0.0406 e. The molecule has 1 aliphatic carbocycles. The Labute approximate surface area is 200 Å². The summed E-state index contributed by atoms with van der Waals surface area (Å²) in [6.45, 7) is 2.26. The van der Waals surface area contributed by atoms with E-state index in [1.807, 2.05) is 12.1 Å². The van der Waals surface area contributed by atoms with Crippen molar-refractivity contribution >= 4 is 11.6 Å². The number of rotatable bonds is 9. The van der Waals surface area contributed by atoms with Crippen molar-refractivity contribution < 1.29 is 0 Å². The molecule has 0 nitrogen and oxygen atoms in total. The van der Waals surface area contributed by atoms with Crippen molar-refractivity contribution in [2.45, 2.75) is 77.0 Å². The second kappa shape index (κ2) is 11.7. The van der Waals surface area contributed by atoms with Crippen molar-refractivity contribution in [3.63, 3.8) is 0 Å². The first-order valence-electron chi connectivity index (χ1n) is 12.6. The van der Waals surface area contributed by atoms with E-state index in [1.54, 1.807) is 5.56 Å². The molecule has 0 aliphatic heterocycles. The molecule has 0 N–H and O–H groups in total. The minimum Gasteiger partial charge on any atom is -0.0843 e. The maximum Gasteiger partial charge on any atom is 0.0406 e. The summed E-state index contributed by atoms with van der Waals surface area (Å²) in [4.78, 5) is 0. The maximum absolute atomic E-state index is 5.98. The lowest BCUT2D eigenvalue weighted by Gasteiger charge is -2.29. The molecule has 0 unspecified atom stereocenters. The molecule has 0 saturated heterocycles. The van der Waals surface area contributed by atoms with Crippen LogP contribution in [0.1, 0.15) is 79.2 Å². The molecule has 0 atom stereocenters. The molecule has 1 heteroatoms. The third-order valence-electron chi connectivity index (χ3n) is 7.32. The molecule has 1 fully saturated rings. The molecule has 168 valence electrons. The highest BCUT2D eigenvalue weighted by atomic mass is 35.5. The highest BCUT2D eigenvalue weighted by Crippen LogP contribution is 2.37. The van der Waals surface area contributed by atoms with Crippen LogP contribution >= 0.6 is 11.6 Å². The van der Waals surface area contributed by atoms with Crippen LogP contribution in [-0.2, 0) is 25.7 Å². The summed E-state index contributed by atoms with van der Waals surface area (Å²) in [5.74, 6) is 1.68. The Hall–Kier alpha value is -2.05. The molecule has 0 amide bonds. The van der Waals surface area contributed by atoms with Gasteiger partial charge < -0.3 is 0 Å². The molecule has 3 aromatic carbocycles. The van der Waals surface area contributed by atoms with E-state index in [4.69, 9.17) is 11.6 Å². The highest BCUT2D eigenvalue weighted by molar-refractivity contribution is 6.30. The summed E-state index contributed by atoms with van der Waals surface area (Å²) in [5, 5.41) is 0.813. The lowest BCUT2D eigenvalue weighted by atomic mass is 9.77. The van der Waals surface area contributed by atoms with Crippen molar-refractivity contribution in [2.24, 2.45) is 5.92 Å². The van der Waals surface area contributed by atoms with Gasteiger partial charge >= 0.3 is 0 Å². The quantitative estimate of drug-likeness (QED) is 0.309. The fourth-order valence-corrected chi connectivity index (χ4v) is 5.34. The molecule has 3 aromatic rings. The number of benzene rings is 3. The number of hydrogen-bond donors (Lipinski definition) is 0. The van der Waals surface area contributed by atoms with Gasteiger partial charge in [-0.2, -0.15) is 0 Å². The van der Waals surface area contributed by atoms with Gasteiger partial charge in [0.2, 0.25) is 0 Å². The van der Waals surface area contributed by atoms with Crippen LogP contribution in [0.25, 0.3) is 0 Å². The summed E-state index contributed by atoms with van der Waals surface area (Å²) < 4.78 is 0. The lowest BCUT2D eigenvalue weighted by molar-refractivity contribution is 0.310. The number of hydrogen-bond acceptors (Lipinski definition) is 0. The summed E-state index contributed by atoms with van der Waals surface area (Å²) in [5.41, 5.74) is 7.33. The van der Waals surface area contributed by atoms with Gasteiger partial charge in [-0.25, -0.2) is 0 Å². The largest absolute Gasteiger partial charge is 0.0843 e. The average molecular weight is 445 g/mol. The van der Waals surface area contributed by atoms with Gasteiger partial charge in [-0.1, -0.05) is 85.6 Å². The third kappa shape index (κ3) is 6.72. The van der Waals surface area contributed by atoms with Crippen molar-refractivity contribution in [3.05, 3.63) is 106 Å². The minimum absolute atomic E-state index is 0.779. The molecule has 32 heavy (non-hydrogen) atoms. The molecule has 0 heterocycles. The predicted octanol–water partition coefficient (Wildman–Crippen LogP) is 8.98. The van der Waals surface area contributed by atoms with Crippen molar-refractivity contribution in [1.29, 1.82) is 0 Å². The van der Waals surface area contributed by atoms with Crippen LogP contribution in [0.2, 0.25) is 5.02 Å². The van der Waals surface area contributed by atoms with E-state index in [-0.39, 0.29) is 0 Å². The topological polar surface area (TPSA) is 0 Å². The summed E-state index contributed by atoms with van der Waals surface area (Å²) in [6.07, 6.45) is 12.7. The Bertz CT molecular complexity index is 929. The Kier molecular flexibility index (Phi) is 8.46. The van der Waals surface area contributed by atoms with E-state index in [0.717, 1.165) is 29.7 Å². The third-order valence-corrected chi connectivity index (χ3v) is 7.57. The Morgan fingerprint density at radius 1 is 0.594 bits per heavy atom. The van der Waals surface area contributed by atoms with Gasteiger partial charge in [0.25, 0.3) is 0 Å². The van der Waals surface area contributed by atoms with Gasteiger partial charge in [0, 0.05) is 5.02 Å². The Morgan fingerprint density at radius 2 is 1.06 bits per heavy atom. The maximum atomic E-state index is 5.98. The van der Waals surface area contributed by atoms with E-state index in [1.165, 1.54) is 73.6 Å². The molecular formula is C31H37Cl. The standard InChI is InChI=1S/C31H37Cl/c1-2-3-24-12-18-29(19-13-24)30-20-14-27(15-21-30)10-8-25-4-6-26(7-5-25)9-11-28-16-22-31(32)23-17-28/h4-7,12-13,16-19,22-23,27,30H,2-3,8-11,14-15,20-21H2,1H3/t27-,30-. The minimum atomic E-state index is 0.779. The van der Waals surface area contributed by atoms with E-state index in [9.17, 15) is 0 Å². The Morgan fingerprint density at radius 3 is 1.62 bits per heavy atom. The fourth-order valence-electron chi connectivity index (χ4n) is 5.21. The first-order valence-corrected chi connectivity index (χ1v) is 13.0. The van der Waals surface area contributed by atoms with E-state index >= 15 is 0 Å². The monoisotopic (exact) mass is 444 g/mol. The zero-order valence-corrected chi connectivity index (χ0v) is 20.3. The fraction of sp³-hybridized carbons (Fsp3) is 0.419. The molecule has 4 rings (SSSR count). The average Bonchev–Trinajstić information content (AvgIpc) is 2.84. The van der Waals surface area contributed by atoms with Crippen molar-refractivity contribution in [2.75, 3.05) is 0 Å². The second-order valence-electron chi connectivity index (χ2n) is 9.69. The van der Waals surface area contributed by atoms with Gasteiger partial charge in [0.1, 0.15) is 0 Å². The van der Waals surface area contributed by atoms with Gasteiger partial charge in [0.15, 0.2) is 0 Å². The van der Waals surface area contributed by atoms with Crippen LogP contribution in [0.3, 0.4) is 0 Å².